The summed E-state index contributed by atoms with van der Waals surface area (Å²) in [5, 5.41) is 9.49. The van der Waals surface area contributed by atoms with Crippen LogP contribution in [-0.4, -0.2) is 22.7 Å². The highest BCUT2D eigenvalue weighted by Gasteiger charge is 2.11. The lowest BCUT2D eigenvalue weighted by molar-refractivity contribution is 0.0692. The molecule has 5 heteroatoms. The molecule has 0 saturated heterocycles. The van der Waals surface area contributed by atoms with Crippen molar-refractivity contribution < 1.29 is 14.6 Å². The van der Waals surface area contributed by atoms with Crippen LogP contribution in [0.4, 0.5) is 0 Å². The second kappa shape index (κ2) is 6.20. The molecular formula is C14H12ClNO3. The third kappa shape index (κ3) is 3.69. The van der Waals surface area contributed by atoms with Crippen LogP contribution in [0.15, 0.2) is 42.7 Å². The van der Waals surface area contributed by atoms with Gasteiger partial charge in [-0.1, -0.05) is 11.6 Å². The minimum Gasteiger partial charge on any atom is -0.492 e. The predicted molar refractivity (Wildman–Crippen MR) is 71.8 cm³/mol. The summed E-state index contributed by atoms with van der Waals surface area (Å²) in [6.07, 6.45) is 4.09. The summed E-state index contributed by atoms with van der Waals surface area (Å²) >= 11 is 5.84. The normalized spacial score (nSPS) is 10.2. The first-order chi connectivity index (χ1) is 9.16. The second-order valence-electron chi connectivity index (χ2n) is 3.90. The van der Waals surface area contributed by atoms with Crippen LogP contribution in [0.25, 0.3) is 0 Å². The van der Waals surface area contributed by atoms with Crippen LogP contribution in [0.3, 0.4) is 0 Å². The number of pyridine rings is 1. The maximum Gasteiger partial charge on any atom is 0.339 e. The number of nitrogens with zero attached hydrogens (tertiary/aromatic N) is 1. The monoisotopic (exact) mass is 277 g/mol. The third-order valence-corrected chi connectivity index (χ3v) is 2.81. The third-order valence-electron chi connectivity index (χ3n) is 2.57. The van der Waals surface area contributed by atoms with E-state index in [-0.39, 0.29) is 11.3 Å². The minimum atomic E-state index is -1.03. The molecule has 0 atom stereocenters. The standard InChI is InChI=1S/C14H12ClNO3/c15-11-1-2-12(14(17)18)13(9-11)19-8-5-10-3-6-16-7-4-10/h1-4,6-7,9H,5,8H2,(H,17,18). The van der Waals surface area contributed by atoms with Crippen LogP contribution in [0.2, 0.25) is 5.02 Å². The highest BCUT2D eigenvalue weighted by Crippen LogP contribution is 2.23. The summed E-state index contributed by atoms with van der Waals surface area (Å²) in [4.78, 5) is 15.0. The Morgan fingerprint density at radius 2 is 2.00 bits per heavy atom. The molecule has 4 nitrogen and oxygen atoms in total. The Bertz CT molecular complexity index is 572. The molecule has 0 amide bonds. The summed E-state index contributed by atoms with van der Waals surface area (Å²) in [6, 6.07) is 8.25. The molecule has 0 saturated carbocycles. The number of hydrogen-bond acceptors (Lipinski definition) is 3. The first-order valence-corrected chi connectivity index (χ1v) is 6.09. The summed E-state index contributed by atoms with van der Waals surface area (Å²) in [5.41, 5.74) is 1.19. The number of aromatic nitrogens is 1. The predicted octanol–water partition coefficient (Wildman–Crippen LogP) is 3.05. The molecule has 0 aliphatic carbocycles. The number of aromatic carboxylic acids is 1. The van der Waals surface area contributed by atoms with Gasteiger partial charge in [-0.3, -0.25) is 4.98 Å². The van der Waals surface area contributed by atoms with E-state index < -0.39 is 5.97 Å². The Morgan fingerprint density at radius 3 is 2.68 bits per heavy atom. The van der Waals surface area contributed by atoms with Gasteiger partial charge in [-0.05, 0) is 35.9 Å². The number of carboxylic acid groups (broad SMARTS) is 1. The number of carboxylic acids is 1. The molecule has 0 aliphatic rings. The van der Waals surface area contributed by atoms with Crippen molar-refractivity contribution in [3.63, 3.8) is 0 Å². The van der Waals surface area contributed by atoms with E-state index in [4.69, 9.17) is 21.4 Å². The molecule has 1 heterocycles. The van der Waals surface area contributed by atoms with E-state index in [2.05, 4.69) is 4.98 Å². The number of carbonyl (C=O) groups is 1. The Kier molecular flexibility index (Phi) is 4.36. The lowest BCUT2D eigenvalue weighted by Gasteiger charge is -2.09. The molecule has 0 aliphatic heterocycles. The number of hydrogen-bond donors (Lipinski definition) is 1. The van der Waals surface area contributed by atoms with Crippen molar-refractivity contribution in [1.29, 1.82) is 0 Å². The lowest BCUT2D eigenvalue weighted by atomic mass is 10.2. The highest BCUT2D eigenvalue weighted by molar-refractivity contribution is 6.30. The molecule has 0 fully saturated rings. The van der Waals surface area contributed by atoms with Crippen molar-refractivity contribution in [2.24, 2.45) is 0 Å². The maximum atomic E-state index is 11.0. The molecule has 1 aromatic carbocycles. The van der Waals surface area contributed by atoms with Crippen LogP contribution in [0, 0.1) is 0 Å². The first-order valence-electron chi connectivity index (χ1n) is 5.71. The van der Waals surface area contributed by atoms with E-state index in [1.54, 1.807) is 12.4 Å². The molecule has 1 aromatic heterocycles. The van der Waals surface area contributed by atoms with Crippen molar-refractivity contribution >= 4 is 17.6 Å². The van der Waals surface area contributed by atoms with Gasteiger partial charge in [0.15, 0.2) is 0 Å². The van der Waals surface area contributed by atoms with Gasteiger partial charge in [-0.25, -0.2) is 4.79 Å². The van der Waals surface area contributed by atoms with Gasteiger partial charge in [0, 0.05) is 23.8 Å². The number of rotatable bonds is 5. The Hall–Kier alpha value is -2.07. The maximum absolute atomic E-state index is 11.0. The molecule has 98 valence electrons. The molecule has 2 aromatic rings. The smallest absolute Gasteiger partial charge is 0.339 e. The van der Waals surface area contributed by atoms with Gasteiger partial charge >= 0.3 is 5.97 Å². The molecule has 0 bridgehead atoms. The fraction of sp³-hybridized carbons (Fsp3) is 0.143. The lowest BCUT2D eigenvalue weighted by Crippen LogP contribution is -2.06. The van der Waals surface area contributed by atoms with Gasteiger partial charge in [0.2, 0.25) is 0 Å². The Morgan fingerprint density at radius 1 is 1.26 bits per heavy atom. The van der Waals surface area contributed by atoms with E-state index in [0.29, 0.717) is 18.1 Å². The van der Waals surface area contributed by atoms with Gasteiger partial charge in [0.25, 0.3) is 0 Å². The number of ether oxygens (including phenoxy) is 1. The van der Waals surface area contributed by atoms with Crippen molar-refractivity contribution in [2.75, 3.05) is 6.61 Å². The van der Waals surface area contributed by atoms with Gasteiger partial charge in [0.1, 0.15) is 11.3 Å². The average molecular weight is 278 g/mol. The SMILES string of the molecule is O=C(O)c1ccc(Cl)cc1OCCc1ccncc1. The van der Waals surface area contributed by atoms with E-state index in [1.165, 1.54) is 18.2 Å². The fourth-order valence-electron chi connectivity index (χ4n) is 1.62. The fourth-order valence-corrected chi connectivity index (χ4v) is 1.78. The molecule has 0 radical (unpaired) electrons. The van der Waals surface area contributed by atoms with Gasteiger partial charge < -0.3 is 9.84 Å². The van der Waals surface area contributed by atoms with E-state index in [1.807, 2.05) is 12.1 Å². The zero-order chi connectivity index (χ0) is 13.7. The van der Waals surface area contributed by atoms with Crippen LogP contribution >= 0.6 is 11.6 Å². The highest BCUT2D eigenvalue weighted by atomic mass is 35.5. The topological polar surface area (TPSA) is 59.4 Å². The van der Waals surface area contributed by atoms with Crippen LogP contribution < -0.4 is 4.74 Å². The number of benzene rings is 1. The van der Waals surface area contributed by atoms with Crippen LogP contribution in [0.5, 0.6) is 5.75 Å². The molecule has 1 N–H and O–H groups in total. The Balaban J connectivity index is 2.03. The van der Waals surface area contributed by atoms with Crippen molar-refractivity contribution in [2.45, 2.75) is 6.42 Å². The molecule has 2 rings (SSSR count). The number of halogens is 1. The minimum absolute atomic E-state index is 0.110. The van der Waals surface area contributed by atoms with Crippen molar-refractivity contribution in [1.82, 2.24) is 4.98 Å². The second-order valence-corrected chi connectivity index (χ2v) is 4.34. The summed E-state index contributed by atoms with van der Waals surface area (Å²) in [7, 11) is 0. The van der Waals surface area contributed by atoms with Crippen molar-refractivity contribution in [3.05, 3.63) is 58.9 Å². The Labute approximate surface area is 115 Å². The van der Waals surface area contributed by atoms with Crippen LogP contribution in [-0.2, 0) is 6.42 Å². The zero-order valence-electron chi connectivity index (χ0n) is 10.0. The quantitative estimate of drug-likeness (QED) is 0.912. The van der Waals surface area contributed by atoms with Gasteiger partial charge in [0.05, 0.1) is 6.61 Å². The van der Waals surface area contributed by atoms with Gasteiger partial charge in [-0.2, -0.15) is 0 Å². The van der Waals surface area contributed by atoms with Crippen LogP contribution in [0.1, 0.15) is 15.9 Å². The molecule has 0 spiro atoms. The van der Waals surface area contributed by atoms with E-state index in [9.17, 15) is 4.79 Å². The summed E-state index contributed by atoms with van der Waals surface area (Å²) in [5.74, 6) is -0.746. The molecule has 0 unspecified atom stereocenters. The van der Waals surface area contributed by atoms with E-state index in [0.717, 1.165) is 5.56 Å². The summed E-state index contributed by atoms with van der Waals surface area (Å²) in [6.45, 7) is 0.380. The van der Waals surface area contributed by atoms with E-state index >= 15 is 0 Å². The van der Waals surface area contributed by atoms with Gasteiger partial charge in [-0.15, -0.1) is 0 Å². The first kappa shape index (κ1) is 13.4. The zero-order valence-corrected chi connectivity index (χ0v) is 10.8. The molecular weight excluding hydrogens is 266 g/mol. The summed E-state index contributed by atoms with van der Waals surface area (Å²) < 4.78 is 5.50. The average Bonchev–Trinajstić information content (AvgIpc) is 2.39. The largest absolute Gasteiger partial charge is 0.492 e. The van der Waals surface area contributed by atoms with Crippen molar-refractivity contribution in [3.8, 4) is 5.75 Å². The molecule has 19 heavy (non-hydrogen) atoms.